The van der Waals surface area contributed by atoms with Crippen molar-refractivity contribution in [2.75, 3.05) is 13.2 Å². The second-order valence-electron chi connectivity index (χ2n) is 6.03. The molecular formula is C22H26N4O4. The van der Waals surface area contributed by atoms with E-state index in [-0.39, 0.29) is 24.7 Å². The zero-order valence-corrected chi connectivity index (χ0v) is 17.1. The Morgan fingerprint density at radius 1 is 0.767 bits per heavy atom. The number of carbonyl (C=O) groups is 2. The predicted molar refractivity (Wildman–Crippen MR) is 116 cm³/mol. The van der Waals surface area contributed by atoms with Crippen molar-refractivity contribution < 1.29 is 19.1 Å². The van der Waals surface area contributed by atoms with Gasteiger partial charge in [-0.25, -0.2) is 10.9 Å². The van der Waals surface area contributed by atoms with Crippen LogP contribution in [0.25, 0.3) is 0 Å². The maximum Gasteiger partial charge on any atom is 0.240 e. The Hall–Kier alpha value is -3.68. The maximum absolute atomic E-state index is 11.9. The summed E-state index contributed by atoms with van der Waals surface area (Å²) in [5, 5.41) is 7.82. The molecule has 0 aliphatic heterocycles. The van der Waals surface area contributed by atoms with Crippen molar-refractivity contribution in [2.45, 2.75) is 26.7 Å². The fraction of sp³-hybridized carbons (Fsp3) is 0.273. The predicted octanol–water partition coefficient (Wildman–Crippen LogP) is 2.86. The number of nitrogens with one attached hydrogen (secondary N) is 2. The number of nitrogens with zero attached hydrogens (tertiary/aromatic N) is 2. The zero-order chi connectivity index (χ0) is 21.6. The van der Waals surface area contributed by atoms with E-state index in [0.717, 1.165) is 11.1 Å². The van der Waals surface area contributed by atoms with Gasteiger partial charge in [-0.3, -0.25) is 9.59 Å². The normalized spacial score (nSPS) is 10.9. The minimum absolute atomic E-state index is 0.0126. The number of carbonyl (C=O) groups excluding carboxylic acids is 2. The third-order valence-electron chi connectivity index (χ3n) is 3.80. The van der Waals surface area contributed by atoms with Crippen LogP contribution in [0.2, 0.25) is 0 Å². The summed E-state index contributed by atoms with van der Waals surface area (Å²) in [4.78, 5) is 23.7. The highest BCUT2D eigenvalue weighted by atomic mass is 16.5. The molecule has 0 saturated carbocycles. The summed E-state index contributed by atoms with van der Waals surface area (Å²) in [6, 6.07) is 14.7. The number of para-hydroxylation sites is 2. The third-order valence-corrected chi connectivity index (χ3v) is 3.80. The summed E-state index contributed by atoms with van der Waals surface area (Å²) in [6.07, 6.45) is 2.98. The van der Waals surface area contributed by atoms with Gasteiger partial charge in [0.05, 0.1) is 25.6 Å². The largest absolute Gasteiger partial charge is 0.493 e. The highest BCUT2D eigenvalue weighted by Gasteiger charge is 2.06. The summed E-state index contributed by atoms with van der Waals surface area (Å²) in [6.45, 7) is 4.85. The van der Waals surface area contributed by atoms with Gasteiger partial charge in [0.25, 0.3) is 0 Å². The molecule has 8 nitrogen and oxygen atoms in total. The van der Waals surface area contributed by atoms with Crippen molar-refractivity contribution in [3.63, 3.8) is 0 Å². The van der Waals surface area contributed by atoms with Crippen molar-refractivity contribution in [2.24, 2.45) is 10.2 Å². The Bertz CT molecular complexity index is 823. The van der Waals surface area contributed by atoms with E-state index < -0.39 is 0 Å². The summed E-state index contributed by atoms with van der Waals surface area (Å²) in [5.74, 6) is 0.615. The molecule has 0 radical (unpaired) electrons. The highest BCUT2D eigenvalue weighted by molar-refractivity contribution is 5.88. The van der Waals surface area contributed by atoms with Gasteiger partial charge in [0.15, 0.2) is 0 Å². The molecule has 2 rings (SSSR count). The van der Waals surface area contributed by atoms with E-state index >= 15 is 0 Å². The molecule has 0 atom stereocenters. The van der Waals surface area contributed by atoms with Gasteiger partial charge in [-0.15, -0.1) is 0 Å². The van der Waals surface area contributed by atoms with E-state index in [2.05, 4.69) is 21.1 Å². The summed E-state index contributed by atoms with van der Waals surface area (Å²) in [7, 11) is 0. The first-order chi connectivity index (χ1) is 14.6. The molecule has 2 amide bonds. The van der Waals surface area contributed by atoms with Gasteiger partial charge in [-0.1, -0.05) is 24.3 Å². The molecule has 0 aliphatic rings. The number of benzene rings is 2. The van der Waals surface area contributed by atoms with Crippen molar-refractivity contribution in [3.8, 4) is 11.5 Å². The Morgan fingerprint density at radius 3 is 1.57 bits per heavy atom. The molecule has 0 bridgehead atoms. The molecule has 0 unspecified atom stereocenters. The third kappa shape index (κ3) is 7.75. The van der Waals surface area contributed by atoms with Crippen LogP contribution in [0.5, 0.6) is 11.5 Å². The smallest absolute Gasteiger partial charge is 0.240 e. The van der Waals surface area contributed by atoms with Crippen molar-refractivity contribution >= 4 is 24.2 Å². The SMILES string of the molecule is CCOc1ccccc1/C=N\NC(=O)CCC(=O)N/N=C/c1ccccc1OCC. The van der Waals surface area contributed by atoms with Crippen LogP contribution in [-0.4, -0.2) is 37.5 Å². The lowest BCUT2D eigenvalue weighted by molar-refractivity contribution is -0.126. The van der Waals surface area contributed by atoms with Crippen LogP contribution in [0.15, 0.2) is 58.7 Å². The number of hydrogen-bond acceptors (Lipinski definition) is 6. The quantitative estimate of drug-likeness (QED) is 0.439. The zero-order valence-electron chi connectivity index (χ0n) is 17.1. The van der Waals surface area contributed by atoms with E-state index in [9.17, 15) is 9.59 Å². The molecule has 0 spiro atoms. The van der Waals surface area contributed by atoms with E-state index in [1.165, 1.54) is 12.4 Å². The lowest BCUT2D eigenvalue weighted by atomic mass is 10.2. The van der Waals surface area contributed by atoms with Crippen LogP contribution in [-0.2, 0) is 9.59 Å². The van der Waals surface area contributed by atoms with E-state index in [4.69, 9.17) is 9.47 Å². The monoisotopic (exact) mass is 410 g/mol. The van der Waals surface area contributed by atoms with Crippen LogP contribution >= 0.6 is 0 Å². The molecule has 0 fully saturated rings. The van der Waals surface area contributed by atoms with Gasteiger partial charge < -0.3 is 9.47 Å². The lowest BCUT2D eigenvalue weighted by Gasteiger charge is -2.06. The Balaban J connectivity index is 1.75. The summed E-state index contributed by atoms with van der Waals surface area (Å²) in [5.41, 5.74) is 6.30. The molecule has 2 N–H and O–H groups in total. The Morgan fingerprint density at radius 2 is 1.17 bits per heavy atom. The van der Waals surface area contributed by atoms with Crippen molar-refractivity contribution in [1.29, 1.82) is 0 Å². The fourth-order valence-corrected chi connectivity index (χ4v) is 2.43. The van der Waals surface area contributed by atoms with E-state index in [1.807, 2.05) is 62.4 Å². The minimum Gasteiger partial charge on any atom is -0.493 e. The molecule has 30 heavy (non-hydrogen) atoms. The second-order valence-corrected chi connectivity index (χ2v) is 6.03. The molecule has 2 aromatic carbocycles. The number of amides is 2. The first-order valence-electron chi connectivity index (χ1n) is 9.71. The molecule has 0 aromatic heterocycles. The van der Waals surface area contributed by atoms with E-state index in [1.54, 1.807) is 0 Å². The molecule has 0 saturated heterocycles. The van der Waals surface area contributed by atoms with Crippen LogP contribution in [0.3, 0.4) is 0 Å². The van der Waals surface area contributed by atoms with E-state index in [0.29, 0.717) is 24.7 Å². The van der Waals surface area contributed by atoms with Gasteiger partial charge in [-0.05, 0) is 38.1 Å². The fourth-order valence-electron chi connectivity index (χ4n) is 2.43. The van der Waals surface area contributed by atoms with Crippen LogP contribution in [0, 0.1) is 0 Å². The van der Waals surface area contributed by atoms with Crippen LogP contribution in [0.4, 0.5) is 0 Å². The Labute approximate surface area is 176 Å². The van der Waals surface area contributed by atoms with Gasteiger partial charge in [0.1, 0.15) is 11.5 Å². The number of hydrogen-bond donors (Lipinski definition) is 2. The lowest BCUT2D eigenvalue weighted by Crippen LogP contribution is -2.22. The second kappa shape index (κ2) is 12.7. The van der Waals surface area contributed by atoms with Gasteiger partial charge in [0.2, 0.25) is 11.8 Å². The molecule has 8 heteroatoms. The first-order valence-corrected chi connectivity index (χ1v) is 9.71. The summed E-state index contributed by atoms with van der Waals surface area (Å²) >= 11 is 0. The Kier molecular flexibility index (Phi) is 9.58. The highest BCUT2D eigenvalue weighted by Crippen LogP contribution is 2.16. The molecule has 0 aliphatic carbocycles. The minimum atomic E-state index is -0.374. The van der Waals surface area contributed by atoms with Gasteiger partial charge in [-0.2, -0.15) is 10.2 Å². The molecular weight excluding hydrogens is 384 g/mol. The summed E-state index contributed by atoms with van der Waals surface area (Å²) < 4.78 is 11.0. The average Bonchev–Trinajstić information content (AvgIpc) is 2.75. The molecule has 0 heterocycles. The molecule has 2 aromatic rings. The topological polar surface area (TPSA) is 101 Å². The number of ether oxygens (including phenoxy) is 2. The molecule has 158 valence electrons. The van der Waals surface area contributed by atoms with Crippen LogP contribution < -0.4 is 20.3 Å². The van der Waals surface area contributed by atoms with Crippen molar-refractivity contribution in [3.05, 3.63) is 59.7 Å². The van der Waals surface area contributed by atoms with Gasteiger partial charge >= 0.3 is 0 Å². The standard InChI is InChI=1S/C22H26N4O4/c1-3-29-19-11-7-5-9-17(19)15-23-25-21(27)13-14-22(28)26-24-16-18-10-6-8-12-20(18)30-4-2/h5-12,15-16H,3-4,13-14H2,1-2H3,(H,25,27)(H,26,28)/b23-15-,24-16+. The first kappa shape index (κ1) is 22.6. The average molecular weight is 410 g/mol. The maximum atomic E-state index is 11.9. The van der Waals surface area contributed by atoms with Gasteiger partial charge in [0, 0.05) is 24.0 Å². The van der Waals surface area contributed by atoms with Crippen molar-refractivity contribution in [1.82, 2.24) is 10.9 Å². The van der Waals surface area contributed by atoms with Crippen LogP contribution in [0.1, 0.15) is 37.8 Å². The number of rotatable bonds is 11. The number of hydrazone groups is 2.